The van der Waals surface area contributed by atoms with E-state index in [0.717, 1.165) is 10.2 Å². The van der Waals surface area contributed by atoms with Gasteiger partial charge < -0.3 is 4.74 Å². The summed E-state index contributed by atoms with van der Waals surface area (Å²) >= 11 is 5.13. The molecular formula is C12H11BrOS. The van der Waals surface area contributed by atoms with Gasteiger partial charge in [-0.3, -0.25) is 0 Å². The number of para-hydroxylation sites is 1. The molecule has 2 rings (SSSR count). The summed E-state index contributed by atoms with van der Waals surface area (Å²) in [6.07, 6.45) is 0. The van der Waals surface area contributed by atoms with Crippen LogP contribution in [0.4, 0.5) is 0 Å². The zero-order valence-electron chi connectivity index (χ0n) is 8.37. The maximum atomic E-state index is 5.73. The zero-order chi connectivity index (χ0) is 10.7. The Morgan fingerprint density at radius 1 is 1.33 bits per heavy atom. The summed E-state index contributed by atoms with van der Waals surface area (Å²) in [6.45, 7) is 2.70. The van der Waals surface area contributed by atoms with Crippen molar-refractivity contribution in [3.63, 3.8) is 0 Å². The molecule has 0 saturated carbocycles. The van der Waals surface area contributed by atoms with Gasteiger partial charge in [-0.25, -0.2) is 0 Å². The first-order valence-electron chi connectivity index (χ1n) is 4.67. The SMILES string of the molecule is Cc1ccccc1OCc1cc(Br)cs1. The lowest BCUT2D eigenvalue weighted by Crippen LogP contribution is -1.94. The second kappa shape index (κ2) is 4.81. The monoisotopic (exact) mass is 282 g/mol. The van der Waals surface area contributed by atoms with Gasteiger partial charge >= 0.3 is 0 Å². The number of benzene rings is 1. The maximum absolute atomic E-state index is 5.73. The third-order valence-electron chi connectivity index (χ3n) is 2.09. The van der Waals surface area contributed by atoms with E-state index >= 15 is 0 Å². The molecule has 15 heavy (non-hydrogen) atoms. The van der Waals surface area contributed by atoms with Gasteiger partial charge in [0.05, 0.1) is 0 Å². The second-order valence-electron chi connectivity index (χ2n) is 3.29. The molecular weight excluding hydrogens is 272 g/mol. The minimum atomic E-state index is 0.640. The molecule has 0 aliphatic heterocycles. The highest BCUT2D eigenvalue weighted by Gasteiger charge is 2.00. The normalized spacial score (nSPS) is 10.3. The highest BCUT2D eigenvalue weighted by Crippen LogP contribution is 2.23. The van der Waals surface area contributed by atoms with Crippen LogP contribution in [0.2, 0.25) is 0 Å². The molecule has 1 aromatic carbocycles. The summed E-state index contributed by atoms with van der Waals surface area (Å²) in [4.78, 5) is 1.23. The number of halogens is 1. The summed E-state index contributed by atoms with van der Waals surface area (Å²) in [5, 5.41) is 2.07. The molecule has 0 saturated heterocycles. The van der Waals surface area contributed by atoms with E-state index in [9.17, 15) is 0 Å². The third-order valence-corrected chi connectivity index (χ3v) is 3.76. The predicted octanol–water partition coefficient (Wildman–Crippen LogP) is 4.40. The lowest BCUT2D eigenvalue weighted by atomic mass is 10.2. The molecule has 3 heteroatoms. The van der Waals surface area contributed by atoms with Crippen LogP contribution >= 0.6 is 27.3 Å². The number of thiophene rings is 1. The number of rotatable bonds is 3. The number of ether oxygens (including phenoxy) is 1. The van der Waals surface area contributed by atoms with E-state index in [0.29, 0.717) is 6.61 Å². The first-order valence-corrected chi connectivity index (χ1v) is 6.34. The fourth-order valence-electron chi connectivity index (χ4n) is 1.30. The molecule has 0 aliphatic rings. The van der Waals surface area contributed by atoms with E-state index in [4.69, 9.17) is 4.74 Å². The standard InChI is InChI=1S/C12H11BrOS/c1-9-4-2-3-5-12(9)14-7-11-6-10(13)8-15-11/h2-6,8H,7H2,1H3. The smallest absolute Gasteiger partial charge is 0.122 e. The van der Waals surface area contributed by atoms with Gasteiger partial charge in [-0.2, -0.15) is 0 Å². The Hall–Kier alpha value is -0.800. The molecule has 0 bridgehead atoms. The van der Waals surface area contributed by atoms with Gasteiger partial charge in [-0.1, -0.05) is 18.2 Å². The number of hydrogen-bond donors (Lipinski definition) is 0. The van der Waals surface area contributed by atoms with Gasteiger partial charge in [0.1, 0.15) is 12.4 Å². The fraction of sp³-hybridized carbons (Fsp3) is 0.167. The molecule has 1 aromatic heterocycles. The molecule has 0 radical (unpaired) electrons. The highest BCUT2D eigenvalue weighted by atomic mass is 79.9. The van der Waals surface area contributed by atoms with Crippen molar-refractivity contribution in [2.45, 2.75) is 13.5 Å². The summed E-state index contributed by atoms with van der Waals surface area (Å²) in [5.74, 6) is 0.960. The molecule has 0 fully saturated rings. The first-order chi connectivity index (χ1) is 7.25. The molecule has 2 aromatic rings. The van der Waals surface area contributed by atoms with Gasteiger partial charge in [0.25, 0.3) is 0 Å². The molecule has 0 spiro atoms. The van der Waals surface area contributed by atoms with E-state index in [1.54, 1.807) is 11.3 Å². The maximum Gasteiger partial charge on any atom is 0.122 e. The van der Waals surface area contributed by atoms with E-state index in [1.807, 2.05) is 18.2 Å². The molecule has 0 aliphatic carbocycles. The first kappa shape index (κ1) is 10.7. The number of hydrogen-bond acceptors (Lipinski definition) is 2. The van der Waals surface area contributed by atoms with Crippen LogP contribution in [0.15, 0.2) is 40.2 Å². The Morgan fingerprint density at radius 2 is 2.13 bits per heavy atom. The van der Waals surface area contributed by atoms with Crippen molar-refractivity contribution in [1.29, 1.82) is 0 Å². The summed E-state index contributed by atoms with van der Waals surface area (Å²) in [5.41, 5.74) is 1.17. The largest absolute Gasteiger partial charge is 0.488 e. The lowest BCUT2D eigenvalue weighted by Gasteiger charge is -2.06. The van der Waals surface area contributed by atoms with Gasteiger partial charge in [0, 0.05) is 14.7 Å². The van der Waals surface area contributed by atoms with Crippen LogP contribution in [-0.2, 0) is 6.61 Å². The average Bonchev–Trinajstić information content (AvgIpc) is 2.63. The summed E-state index contributed by atoms with van der Waals surface area (Å²) in [7, 11) is 0. The van der Waals surface area contributed by atoms with Crippen LogP contribution in [0, 0.1) is 6.92 Å². The van der Waals surface area contributed by atoms with Gasteiger partial charge in [-0.15, -0.1) is 11.3 Å². The van der Waals surface area contributed by atoms with Gasteiger partial charge in [0.15, 0.2) is 0 Å². The summed E-state index contributed by atoms with van der Waals surface area (Å²) in [6, 6.07) is 10.1. The van der Waals surface area contributed by atoms with Crippen molar-refractivity contribution in [3.8, 4) is 5.75 Å². The zero-order valence-corrected chi connectivity index (χ0v) is 10.8. The minimum absolute atomic E-state index is 0.640. The topological polar surface area (TPSA) is 9.23 Å². The second-order valence-corrected chi connectivity index (χ2v) is 5.20. The Kier molecular flexibility index (Phi) is 3.44. The molecule has 0 N–H and O–H groups in total. The fourth-order valence-corrected chi connectivity index (χ4v) is 2.66. The Balaban J connectivity index is 2.02. The molecule has 1 nitrogen and oxygen atoms in total. The summed E-state index contributed by atoms with van der Waals surface area (Å²) < 4.78 is 6.85. The number of aryl methyl sites for hydroxylation is 1. The average molecular weight is 283 g/mol. The van der Waals surface area contributed by atoms with Crippen LogP contribution in [0.25, 0.3) is 0 Å². The van der Waals surface area contributed by atoms with Crippen molar-refractivity contribution < 1.29 is 4.74 Å². The van der Waals surface area contributed by atoms with Crippen LogP contribution in [0.5, 0.6) is 5.75 Å². The molecule has 0 unspecified atom stereocenters. The Labute approximate surface area is 102 Å². The van der Waals surface area contributed by atoms with Gasteiger partial charge in [0.2, 0.25) is 0 Å². The van der Waals surface area contributed by atoms with Crippen molar-refractivity contribution in [1.82, 2.24) is 0 Å². The quantitative estimate of drug-likeness (QED) is 0.811. The Morgan fingerprint density at radius 3 is 2.80 bits per heavy atom. The highest BCUT2D eigenvalue weighted by molar-refractivity contribution is 9.10. The van der Waals surface area contributed by atoms with Crippen LogP contribution in [0.3, 0.4) is 0 Å². The molecule has 0 atom stereocenters. The van der Waals surface area contributed by atoms with Crippen LogP contribution in [0.1, 0.15) is 10.4 Å². The van der Waals surface area contributed by atoms with Crippen molar-refractivity contribution in [2.24, 2.45) is 0 Å². The van der Waals surface area contributed by atoms with E-state index in [1.165, 1.54) is 10.4 Å². The lowest BCUT2D eigenvalue weighted by molar-refractivity contribution is 0.307. The molecule has 78 valence electrons. The van der Waals surface area contributed by atoms with Gasteiger partial charge in [-0.05, 0) is 40.5 Å². The van der Waals surface area contributed by atoms with E-state index < -0.39 is 0 Å². The Bertz CT molecular complexity index is 450. The van der Waals surface area contributed by atoms with E-state index in [2.05, 4.69) is 40.4 Å². The van der Waals surface area contributed by atoms with E-state index in [-0.39, 0.29) is 0 Å². The van der Waals surface area contributed by atoms with Crippen molar-refractivity contribution in [2.75, 3.05) is 0 Å². The minimum Gasteiger partial charge on any atom is -0.488 e. The molecule has 0 amide bonds. The van der Waals surface area contributed by atoms with Crippen LogP contribution in [-0.4, -0.2) is 0 Å². The third kappa shape index (κ3) is 2.83. The van der Waals surface area contributed by atoms with Crippen LogP contribution < -0.4 is 4.74 Å². The van der Waals surface area contributed by atoms with Crippen molar-refractivity contribution in [3.05, 3.63) is 50.6 Å². The molecule has 1 heterocycles. The van der Waals surface area contributed by atoms with Crippen molar-refractivity contribution >= 4 is 27.3 Å². The predicted molar refractivity (Wildman–Crippen MR) is 67.5 cm³/mol.